The second-order valence-electron chi connectivity index (χ2n) is 15.5. The van der Waals surface area contributed by atoms with Crippen LogP contribution in [0.3, 0.4) is 0 Å². The highest BCUT2D eigenvalue weighted by molar-refractivity contribution is 7.93. The van der Waals surface area contributed by atoms with E-state index in [1.54, 1.807) is 99.8 Å². The van der Waals surface area contributed by atoms with Crippen LogP contribution in [0.4, 0.5) is 18.3 Å². The van der Waals surface area contributed by atoms with Crippen molar-refractivity contribution in [3.8, 4) is 39.8 Å². The highest BCUT2D eigenvalue weighted by Gasteiger charge is 2.40. The monoisotopic (exact) mass is 982 g/mol. The molecular formula is C44H45F3N8O9S3. The largest absolute Gasteiger partial charge is 0.497 e. The first-order valence-electron chi connectivity index (χ1n) is 19.8. The van der Waals surface area contributed by atoms with Crippen LogP contribution in [0.15, 0.2) is 113 Å². The van der Waals surface area contributed by atoms with Gasteiger partial charge in [-0.15, -0.1) is 10.2 Å². The minimum absolute atomic E-state index is 0.0829. The van der Waals surface area contributed by atoms with Crippen molar-refractivity contribution < 1.29 is 54.1 Å². The first-order chi connectivity index (χ1) is 31.5. The number of carboxylic acid groups (broad SMARTS) is 1. The highest BCUT2D eigenvalue weighted by atomic mass is 32.2. The molecule has 354 valence electrons. The molecule has 0 saturated heterocycles. The number of aromatic nitrogens is 5. The van der Waals surface area contributed by atoms with Gasteiger partial charge in [0.25, 0.3) is 0 Å². The molecule has 67 heavy (non-hydrogen) atoms. The van der Waals surface area contributed by atoms with Gasteiger partial charge in [0.2, 0.25) is 15.8 Å². The summed E-state index contributed by atoms with van der Waals surface area (Å²) >= 11 is 1.26. The van der Waals surface area contributed by atoms with Gasteiger partial charge in [0.15, 0.2) is 15.0 Å². The summed E-state index contributed by atoms with van der Waals surface area (Å²) in [7, 11) is -4.63. The number of alkyl halides is 3. The first-order valence-corrected chi connectivity index (χ1v) is 23.7. The summed E-state index contributed by atoms with van der Waals surface area (Å²) in [6.07, 6.45) is -5.08. The molecule has 5 N–H and O–H groups in total. The molecule has 23 heteroatoms. The second kappa shape index (κ2) is 20.1. The molecule has 0 spiro atoms. The number of sulfone groups is 1. The predicted octanol–water partition coefficient (Wildman–Crippen LogP) is 6.81. The summed E-state index contributed by atoms with van der Waals surface area (Å²) in [5.74, 6) is -1.64. The zero-order valence-electron chi connectivity index (χ0n) is 36.6. The third-order valence-electron chi connectivity index (χ3n) is 9.78. The zero-order chi connectivity index (χ0) is 48.9. The van der Waals surface area contributed by atoms with Crippen molar-refractivity contribution in [1.29, 1.82) is 0 Å². The Kier molecular flexibility index (Phi) is 14.9. The quantitative estimate of drug-likeness (QED) is 0.0901. The molecule has 17 nitrogen and oxygen atoms in total. The Labute approximate surface area is 387 Å². The number of nitrogens with two attached hydrogens (primary N) is 2. The maximum Gasteiger partial charge on any atom is 0.490 e. The third-order valence-corrected chi connectivity index (χ3v) is 14.8. The standard InChI is InChI=1S/C42H44N8O7S3.C2HF3O2/c1-42(2,44)26-59(51,52)36-22-21-33(34-7-6-8-35-38(34)45-41(43)58-35)37(40-46-48-50(47-40)25-29-13-19-32(57-5)20-14-29)39(36)60(53,54)49(23-27-9-15-30(55-3)16-10-27)24-28-11-17-31(56-4)18-12-28;3-2(4,5)1(6)7/h6-22H,23-26,44H2,1-5H3,(H2,43,45);(H,6,7). The number of tetrazole rings is 1. The Morgan fingerprint density at radius 3 is 1.76 bits per heavy atom. The van der Waals surface area contributed by atoms with Crippen LogP contribution in [-0.2, 0) is 44.3 Å². The molecule has 0 bridgehead atoms. The SMILES string of the molecule is COc1ccc(CN(Cc2ccc(OC)cc2)S(=O)(=O)c2c(S(=O)(=O)CC(C)(C)N)ccc(-c3cccc4sc(N)nc34)c2-c2nnn(Cc3ccc(OC)cc3)n2)cc1.O=C(O)C(F)(F)F. The van der Waals surface area contributed by atoms with Crippen LogP contribution in [-0.4, -0.2) is 96.2 Å². The lowest BCUT2D eigenvalue weighted by Gasteiger charge is -2.27. The number of carbonyl (C=O) groups is 1. The third kappa shape index (κ3) is 12.0. The van der Waals surface area contributed by atoms with E-state index < -0.39 is 53.1 Å². The number of halogens is 3. The molecule has 0 aliphatic carbocycles. The molecule has 0 saturated carbocycles. The Bertz CT molecular complexity index is 3040. The van der Waals surface area contributed by atoms with Crippen LogP contribution in [0.2, 0.25) is 0 Å². The van der Waals surface area contributed by atoms with Crippen molar-refractivity contribution in [3.05, 3.63) is 120 Å². The lowest BCUT2D eigenvalue weighted by Crippen LogP contribution is -2.40. The number of methoxy groups -OCH3 is 3. The smallest absolute Gasteiger partial charge is 0.490 e. The number of benzene rings is 5. The molecule has 2 aromatic heterocycles. The Morgan fingerprint density at radius 2 is 1.28 bits per heavy atom. The maximum absolute atomic E-state index is 15.9. The number of ether oxygens (including phenoxy) is 3. The number of rotatable bonds is 16. The Morgan fingerprint density at radius 1 is 0.776 bits per heavy atom. The first kappa shape index (κ1) is 49.8. The molecule has 5 aromatic carbocycles. The molecular weight excluding hydrogens is 938 g/mol. The lowest BCUT2D eigenvalue weighted by atomic mass is 9.98. The van der Waals surface area contributed by atoms with E-state index in [9.17, 15) is 21.6 Å². The molecule has 0 aliphatic rings. The fourth-order valence-electron chi connectivity index (χ4n) is 6.79. The normalized spacial score (nSPS) is 12.1. The van der Waals surface area contributed by atoms with Gasteiger partial charge in [-0.05, 0) is 89.8 Å². The number of hydrogen-bond donors (Lipinski definition) is 3. The Hall–Kier alpha value is -6.66. The Balaban J connectivity index is 0.000000980. The maximum atomic E-state index is 15.9. The van der Waals surface area contributed by atoms with Crippen LogP contribution in [0.5, 0.6) is 17.2 Å². The van der Waals surface area contributed by atoms with Gasteiger partial charge in [-0.3, -0.25) is 0 Å². The summed E-state index contributed by atoms with van der Waals surface area (Å²) in [6.45, 7) is 2.98. The van der Waals surface area contributed by atoms with Gasteiger partial charge >= 0.3 is 12.1 Å². The van der Waals surface area contributed by atoms with Crippen LogP contribution in [0, 0.1) is 0 Å². The number of fused-ring (bicyclic) bond motifs is 1. The summed E-state index contributed by atoms with van der Waals surface area (Å²) in [6, 6.07) is 29.5. The molecule has 0 radical (unpaired) electrons. The van der Waals surface area contributed by atoms with Gasteiger partial charge in [0, 0.05) is 24.2 Å². The van der Waals surface area contributed by atoms with Crippen molar-refractivity contribution in [3.63, 3.8) is 0 Å². The second-order valence-corrected chi connectivity index (χ2v) is 20.4. The van der Waals surface area contributed by atoms with Crippen LogP contribution in [0.1, 0.15) is 30.5 Å². The van der Waals surface area contributed by atoms with Crippen LogP contribution < -0.4 is 25.7 Å². The lowest BCUT2D eigenvalue weighted by molar-refractivity contribution is -0.192. The van der Waals surface area contributed by atoms with E-state index in [0.717, 1.165) is 10.3 Å². The molecule has 7 rings (SSSR count). The minimum atomic E-state index is -5.08. The molecule has 7 aromatic rings. The van der Waals surface area contributed by atoms with Crippen LogP contribution >= 0.6 is 11.3 Å². The average molecular weight is 983 g/mol. The number of thiazole rings is 1. The van der Waals surface area contributed by atoms with Crippen molar-refractivity contribution in [2.75, 3.05) is 32.8 Å². The van der Waals surface area contributed by atoms with Gasteiger partial charge < -0.3 is 30.8 Å². The number of nitrogen functional groups attached to an aromatic ring is 1. The number of carboxylic acids is 1. The van der Waals surface area contributed by atoms with E-state index in [-0.39, 0.29) is 31.0 Å². The van der Waals surface area contributed by atoms with E-state index in [0.29, 0.717) is 50.2 Å². The van der Waals surface area contributed by atoms with E-state index in [2.05, 4.69) is 15.3 Å². The number of hydrogen-bond acceptors (Lipinski definition) is 15. The summed E-state index contributed by atoms with van der Waals surface area (Å²) in [5.41, 5.74) is 14.5. The van der Waals surface area contributed by atoms with Crippen molar-refractivity contribution >= 4 is 52.5 Å². The van der Waals surface area contributed by atoms with E-state index in [1.165, 1.54) is 40.7 Å². The topological polar surface area (TPSA) is 245 Å². The van der Waals surface area contributed by atoms with Gasteiger partial charge in [-0.1, -0.05) is 65.9 Å². The fraction of sp³-hybridized carbons (Fsp3) is 0.250. The van der Waals surface area contributed by atoms with Gasteiger partial charge in [-0.25, -0.2) is 26.6 Å². The minimum Gasteiger partial charge on any atom is -0.497 e. The van der Waals surface area contributed by atoms with Gasteiger partial charge in [-0.2, -0.15) is 22.3 Å². The predicted molar refractivity (Wildman–Crippen MR) is 245 cm³/mol. The number of nitrogens with zero attached hydrogens (tertiary/aromatic N) is 6. The van der Waals surface area contributed by atoms with E-state index >= 15 is 8.42 Å². The summed E-state index contributed by atoms with van der Waals surface area (Å²) in [5, 5.41) is 20.9. The van der Waals surface area contributed by atoms with Crippen LogP contribution in [0.25, 0.3) is 32.7 Å². The van der Waals surface area contributed by atoms with Crippen molar-refractivity contribution in [2.24, 2.45) is 5.73 Å². The molecule has 0 unspecified atom stereocenters. The molecule has 2 heterocycles. The van der Waals surface area contributed by atoms with E-state index in [1.807, 2.05) is 18.2 Å². The van der Waals surface area contributed by atoms with Crippen molar-refractivity contribution in [1.82, 2.24) is 29.5 Å². The van der Waals surface area contributed by atoms with E-state index in [4.69, 9.17) is 40.7 Å². The molecule has 0 atom stereocenters. The van der Waals surface area contributed by atoms with Gasteiger partial charge in [0.05, 0.1) is 54.3 Å². The number of para-hydroxylation sites is 1. The van der Waals surface area contributed by atoms with Gasteiger partial charge in [0.1, 0.15) is 22.1 Å². The zero-order valence-corrected chi connectivity index (χ0v) is 39.0. The number of sulfonamides is 1. The molecule has 0 amide bonds. The molecule has 0 fully saturated rings. The molecule has 0 aliphatic heterocycles. The number of anilines is 1. The number of aliphatic carboxylic acids is 1. The average Bonchev–Trinajstić information content (AvgIpc) is 3.91. The summed E-state index contributed by atoms with van der Waals surface area (Å²) < 4.78 is 111. The fourth-order valence-corrected chi connectivity index (χ4v) is 11.7. The summed E-state index contributed by atoms with van der Waals surface area (Å²) in [4.78, 5) is 13.8. The highest BCUT2D eigenvalue weighted by Crippen LogP contribution is 2.44. The van der Waals surface area contributed by atoms with Crippen molar-refractivity contribution in [2.45, 2.75) is 55.0 Å².